The highest BCUT2D eigenvalue weighted by Crippen LogP contribution is 2.25. The number of nitrogens with one attached hydrogen (secondary N) is 1. The molecule has 6 nitrogen and oxygen atoms in total. The molecular formula is C19H15N3O3. The van der Waals surface area contributed by atoms with Crippen LogP contribution in [-0.2, 0) is 0 Å². The summed E-state index contributed by atoms with van der Waals surface area (Å²) in [6, 6.07) is 16.4. The minimum atomic E-state index is -0.448. The lowest BCUT2D eigenvalue weighted by Gasteiger charge is -2.11. The van der Waals surface area contributed by atoms with E-state index in [9.17, 15) is 15.0 Å². The molecule has 3 N–H and O–H groups in total. The Hall–Kier alpha value is -3.67. The number of rotatable bonds is 4. The summed E-state index contributed by atoms with van der Waals surface area (Å²) in [5.41, 5.74) is 3.80. The van der Waals surface area contributed by atoms with Crippen molar-refractivity contribution < 1.29 is 15.0 Å². The number of hydrogen-bond acceptors (Lipinski definition) is 5. The Bertz CT molecular complexity index is 876. The van der Waals surface area contributed by atoms with Crippen LogP contribution >= 0.6 is 0 Å². The maximum atomic E-state index is 12.2. The Morgan fingerprint density at radius 1 is 0.880 bits per heavy atom. The summed E-state index contributed by atoms with van der Waals surface area (Å²) in [6.07, 6.45) is 2.99. The van der Waals surface area contributed by atoms with E-state index in [0.29, 0.717) is 16.7 Å². The molecule has 2 aromatic carbocycles. The second-order valence-corrected chi connectivity index (χ2v) is 5.18. The third-order valence-corrected chi connectivity index (χ3v) is 3.51. The Morgan fingerprint density at radius 2 is 1.48 bits per heavy atom. The summed E-state index contributed by atoms with van der Waals surface area (Å²) >= 11 is 0. The van der Waals surface area contributed by atoms with Crippen LogP contribution in [0.1, 0.15) is 21.5 Å². The topological polar surface area (TPSA) is 94.8 Å². The molecule has 0 saturated carbocycles. The zero-order chi connectivity index (χ0) is 17.6. The number of amides is 1. The van der Waals surface area contributed by atoms with Crippen LogP contribution in [0.3, 0.4) is 0 Å². The van der Waals surface area contributed by atoms with Gasteiger partial charge in [-0.2, -0.15) is 5.10 Å². The smallest absolute Gasteiger partial charge is 0.272 e. The molecule has 0 bridgehead atoms. The molecule has 0 saturated heterocycles. The van der Waals surface area contributed by atoms with Gasteiger partial charge in [-0.05, 0) is 36.4 Å². The third-order valence-electron chi connectivity index (χ3n) is 3.51. The normalized spacial score (nSPS) is 10.1. The van der Waals surface area contributed by atoms with Gasteiger partial charge in [0.15, 0.2) is 0 Å². The zero-order valence-electron chi connectivity index (χ0n) is 13.1. The van der Waals surface area contributed by atoms with Crippen molar-refractivity contribution >= 4 is 11.6 Å². The Balaban J connectivity index is 2.01. The number of pyridine rings is 1. The van der Waals surface area contributed by atoms with Crippen molar-refractivity contribution in [1.29, 1.82) is 0 Å². The molecule has 0 aliphatic heterocycles. The molecule has 0 radical (unpaired) electrons. The third kappa shape index (κ3) is 3.64. The quantitative estimate of drug-likeness (QED) is 0.505. The zero-order valence-corrected chi connectivity index (χ0v) is 13.1. The van der Waals surface area contributed by atoms with Crippen LogP contribution in [0.4, 0.5) is 0 Å². The van der Waals surface area contributed by atoms with E-state index in [2.05, 4.69) is 15.5 Å². The van der Waals surface area contributed by atoms with E-state index in [1.807, 2.05) is 0 Å². The minimum Gasteiger partial charge on any atom is -0.507 e. The average molecular weight is 333 g/mol. The fourth-order valence-corrected chi connectivity index (χ4v) is 2.28. The lowest BCUT2D eigenvalue weighted by atomic mass is 10.0. The molecule has 1 aromatic heterocycles. The van der Waals surface area contributed by atoms with Gasteiger partial charge in [0, 0.05) is 23.5 Å². The first kappa shape index (κ1) is 16.2. The van der Waals surface area contributed by atoms with Gasteiger partial charge in [-0.3, -0.25) is 9.78 Å². The fraction of sp³-hybridized carbons (Fsp3) is 0. The number of aromatic nitrogens is 1. The molecule has 3 aromatic rings. The summed E-state index contributed by atoms with van der Waals surface area (Å²) in [7, 11) is 0. The van der Waals surface area contributed by atoms with Crippen molar-refractivity contribution in [2.24, 2.45) is 5.10 Å². The van der Waals surface area contributed by atoms with Gasteiger partial charge in [0.1, 0.15) is 17.2 Å². The van der Waals surface area contributed by atoms with E-state index in [4.69, 9.17) is 0 Å². The summed E-state index contributed by atoms with van der Waals surface area (Å²) in [4.78, 5) is 16.1. The molecule has 1 amide bonds. The highest BCUT2D eigenvalue weighted by molar-refractivity contribution is 6.16. The molecule has 6 heteroatoms. The number of hydrazone groups is 1. The lowest BCUT2D eigenvalue weighted by Crippen LogP contribution is -2.20. The first-order valence-electron chi connectivity index (χ1n) is 7.51. The van der Waals surface area contributed by atoms with Crippen molar-refractivity contribution in [3.8, 4) is 11.5 Å². The molecule has 0 aliphatic rings. The monoisotopic (exact) mass is 333 g/mol. The van der Waals surface area contributed by atoms with Crippen LogP contribution in [-0.4, -0.2) is 26.8 Å². The Kier molecular flexibility index (Phi) is 4.71. The van der Waals surface area contributed by atoms with Gasteiger partial charge in [-0.25, -0.2) is 5.43 Å². The standard InChI is InChI=1S/C19H15N3O3/c23-16-9-3-1-7-14(16)18(15-8-2-4-10-17(15)24)21-22-19(25)13-6-5-11-20-12-13/h1-12,23-24H,(H,22,25). The molecule has 0 aliphatic carbocycles. The van der Waals surface area contributed by atoms with Crippen LogP contribution in [0.15, 0.2) is 78.2 Å². The van der Waals surface area contributed by atoms with Gasteiger partial charge in [0.25, 0.3) is 5.91 Å². The van der Waals surface area contributed by atoms with Gasteiger partial charge >= 0.3 is 0 Å². The predicted molar refractivity (Wildman–Crippen MR) is 93.6 cm³/mol. The van der Waals surface area contributed by atoms with Crippen molar-refractivity contribution in [3.05, 3.63) is 89.7 Å². The number of carbonyl (C=O) groups is 1. The van der Waals surface area contributed by atoms with Gasteiger partial charge < -0.3 is 10.2 Å². The highest BCUT2D eigenvalue weighted by Gasteiger charge is 2.15. The van der Waals surface area contributed by atoms with Gasteiger partial charge in [-0.1, -0.05) is 24.3 Å². The Morgan fingerprint density at radius 3 is 2.00 bits per heavy atom. The average Bonchev–Trinajstić information content (AvgIpc) is 2.65. The highest BCUT2D eigenvalue weighted by atomic mass is 16.3. The van der Waals surface area contributed by atoms with Crippen molar-refractivity contribution in [1.82, 2.24) is 10.4 Å². The molecule has 0 atom stereocenters. The van der Waals surface area contributed by atoms with Gasteiger partial charge in [-0.15, -0.1) is 0 Å². The maximum Gasteiger partial charge on any atom is 0.272 e. The van der Waals surface area contributed by atoms with Crippen LogP contribution in [0, 0.1) is 0 Å². The molecule has 3 rings (SSSR count). The van der Waals surface area contributed by atoms with E-state index in [0.717, 1.165) is 0 Å². The number of aromatic hydroxyl groups is 2. The summed E-state index contributed by atoms with van der Waals surface area (Å²) in [6.45, 7) is 0. The van der Waals surface area contributed by atoms with Gasteiger partial charge in [0.05, 0.1) is 5.56 Å². The summed E-state index contributed by atoms with van der Waals surface area (Å²) < 4.78 is 0. The summed E-state index contributed by atoms with van der Waals surface area (Å²) in [5, 5.41) is 24.4. The molecule has 1 heterocycles. The van der Waals surface area contributed by atoms with E-state index < -0.39 is 5.91 Å². The van der Waals surface area contributed by atoms with Crippen molar-refractivity contribution in [3.63, 3.8) is 0 Å². The lowest BCUT2D eigenvalue weighted by molar-refractivity contribution is 0.0954. The minimum absolute atomic E-state index is 0.0138. The number of nitrogens with zero attached hydrogens (tertiary/aromatic N) is 2. The number of para-hydroxylation sites is 2. The number of phenols is 2. The van der Waals surface area contributed by atoms with Crippen LogP contribution < -0.4 is 5.43 Å². The van der Waals surface area contributed by atoms with E-state index >= 15 is 0 Å². The van der Waals surface area contributed by atoms with Gasteiger partial charge in [0.2, 0.25) is 0 Å². The molecule has 124 valence electrons. The van der Waals surface area contributed by atoms with Crippen molar-refractivity contribution in [2.75, 3.05) is 0 Å². The summed E-state index contributed by atoms with van der Waals surface area (Å²) in [5.74, 6) is -0.475. The second kappa shape index (κ2) is 7.27. The Labute approximate surface area is 144 Å². The van der Waals surface area contributed by atoms with Crippen molar-refractivity contribution in [2.45, 2.75) is 0 Å². The SMILES string of the molecule is O=C(NN=C(c1ccccc1O)c1ccccc1O)c1cccnc1. The largest absolute Gasteiger partial charge is 0.507 e. The molecule has 0 fully saturated rings. The molecule has 0 spiro atoms. The molecule has 25 heavy (non-hydrogen) atoms. The van der Waals surface area contributed by atoms with E-state index in [1.54, 1.807) is 54.7 Å². The van der Waals surface area contributed by atoms with E-state index in [-0.39, 0.29) is 17.2 Å². The number of benzene rings is 2. The van der Waals surface area contributed by atoms with E-state index in [1.165, 1.54) is 18.3 Å². The number of carbonyl (C=O) groups excluding carboxylic acids is 1. The van der Waals surface area contributed by atoms with Crippen LogP contribution in [0.5, 0.6) is 11.5 Å². The fourth-order valence-electron chi connectivity index (χ4n) is 2.28. The van der Waals surface area contributed by atoms with Crippen LogP contribution in [0.2, 0.25) is 0 Å². The number of phenolic OH excluding ortho intramolecular Hbond substituents is 2. The molecule has 0 unspecified atom stereocenters. The number of hydrogen-bond donors (Lipinski definition) is 3. The second-order valence-electron chi connectivity index (χ2n) is 5.18. The maximum absolute atomic E-state index is 12.2. The molecular weight excluding hydrogens is 318 g/mol. The predicted octanol–water partition coefficient (Wildman–Crippen LogP) is 2.68. The van der Waals surface area contributed by atoms with Crippen LogP contribution in [0.25, 0.3) is 0 Å². The first-order valence-corrected chi connectivity index (χ1v) is 7.51. The first-order chi connectivity index (χ1) is 12.2.